The van der Waals surface area contributed by atoms with Crippen molar-refractivity contribution in [2.45, 2.75) is 46.6 Å². The number of hydrogen-bond donors (Lipinski definition) is 1. The zero-order valence-corrected chi connectivity index (χ0v) is 13.4. The van der Waals surface area contributed by atoms with Crippen LogP contribution in [0, 0.1) is 25.2 Å². The summed E-state index contributed by atoms with van der Waals surface area (Å²) in [5.41, 5.74) is 10.8. The van der Waals surface area contributed by atoms with E-state index in [1.807, 2.05) is 26.8 Å². The number of anilines is 1. The van der Waals surface area contributed by atoms with Crippen molar-refractivity contribution in [3.63, 3.8) is 0 Å². The third-order valence-corrected chi connectivity index (χ3v) is 3.82. The van der Waals surface area contributed by atoms with Gasteiger partial charge in [-0.2, -0.15) is 10.4 Å². The number of nitrogen functional groups attached to an aromatic ring is 1. The van der Waals surface area contributed by atoms with Crippen LogP contribution in [0.2, 0.25) is 0 Å². The van der Waals surface area contributed by atoms with Crippen molar-refractivity contribution in [3.8, 4) is 6.07 Å². The Labute approximate surface area is 126 Å². The molecule has 4 nitrogen and oxygen atoms in total. The zero-order chi connectivity index (χ0) is 15.8. The van der Waals surface area contributed by atoms with Crippen molar-refractivity contribution in [1.29, 1.82) is 5.26 Å². The molecule has 0 radical (unpaired) electrons. The lowest BCUT2D eigenvalue weighted by Gasteiger charge is -2.20. The van der Waals surface area contributed by atoms with Crippen molar-refractivity contribution in [1.82, 2.24) is 9.78 Å². The van der Waals surface area contributed by atoms with E-state index >= 15 is 0 Å². The molecule has 110 valence electrons. The van der Waals surface area contributed by atoms with E-state index in [0.717, 1.165) is 5.69 Å². The summed E-state index contributed by atoms with van der Waals surface area (Å²) in [7, 11) is 0. The van der Waals surface area contributed by atoms with Crippen molar-refractivity contribution in [2.24, 2.45) is 0 Å². The highest BCUT2D eigenvalue weighted by Crippen LogP contribution is 2.26. The summed E-state index contributed by atoms with van der Waals surface area (Å²) < 4.78 is 1.74. The average molecular weight is 282 g/mol. The van der Waals surface area contributed by atoms with Gasteiger partial charge in [0.05, 0.1) is 11.2 Å². The summed E-state index contributed by atoms with van der Waals surface area (Å²) in [6.07, 6.45) is 0.629. The number of nitriles is 1. The van der Waals surface area contributed by atoms with E-state index < -0.39 is 0 Å². The number of rotatable bonds is 2. The van der Waals surface area contributed by atoms with E-state index in [4.69, 9.17) is 5.73 Å². The second kappa shape index (κ2) is 5.25. The fourth-order valence-corrected chi connectivity index (χ4v) is 2.42. The normalized spacial score (nSPS) is 11.4. The summed E-state index contributed by atoms with van der Waals surface area (Å²) in [5.74, 6) is 0.449. The molecule has 2 N–H and O–H groups in total. The first-order chi connectivity index (χ1) is 9.75. The summed E-state index contributed by atoms with van der Waals surface area (Å²) in [4.78, 5) is 0. The molecule has 0 fully saturated rings. The Hall–Kier alpha value is -2.28. The summed E-state index contributed by atoms with van der Waals surface area (Å²) >= 11 is 0. The van der Waals surface area contributed by atoms with E-state index in [9.17, 15) is 5.26 Å². The van der Waals surface area contributed by atoms with Crippen LogP contribution >= 0.6 is 0 Å². The topological polar surface area (TPSA) is 67.6 Å². The van der Waals surface area contributed by atoms with Gasteiger partial charge in [-0.15, -0.1) is 0 Å². The maximum Gasteiger partial charge on any atom is 0.140 e. The first-order valence-electron chi connectivity index (χ1n) is 7.08. The highest BCUT2D eigenvalue weighted by molar-refractivity contribution is 5.54. The Morgan fingerprint density at radius 2 is 1.95 bits per heavy atom. The van der Waals surface area contributed by atoms with Gasteiger partial charge in [-0.25, -0.2) is 4.68 Å². The molecular formula is C17H22N4. The molecule has 0 aliphatic rings. The number of nitrogens with two attached hydrogens (primary N) is 1. The molecule has 0 atom stereocenters. The fourth-order valence-electron chi connectivity index (χ4n) is 2.42. The molecule has 0 saturated carbocycles. The van der Waals surface area contributed by atoms with Gasteiger partial charge in [0, 0.05) is 6.42 Å². The van der Waals surface area contributed by atoms with Crippen LogP contribution in [-0.2, 0) is 12.0 Å². The minimum Gasteiger partial charge on any atom is -0.383 e. The molecule has 0 spiro atoms. The fraction of sp³-hybridized carbons (Fsp3) is 0.412. The van der Waals surface area contributed by atoms with Crippen LogP contribution in [-0.4, -0.2) is 9.78 Å². The molecule has 0 bridgehead atoms. The van der Waals surface area contributed by atoms with Crippen LogP contribution < -0.4 is 5.73 Å². The maximum atomic E-state index is 9.40. The van der Waals surface area contributed by atoms with E-state index in [1.54, 1.807) is 4.68 Å². The van der Waals surface area contributed by atoms with Gasteiger partial charge < -0.3 is 5.73 Å². The Morgan fingerprint density at radius 1 is 1.29 bits per heavy atom. The molecule has 0 amide bonds. The number of benzene rings is 1. The summed E-state index contributed by atoms with van der Waals surface area (Å²) in [6.45, 7) is 10.3. The van der Waals surface area contributed by atoms with Crippen LogP contribution in [0.25, 0.3) is 0 Å². The molecule has 1 aromatic carbocycles. The van der Waals surface area contributed by atoms with Crippen molar-refractivity contribution in [2.75, 3.05) is 5.73 Å². The van der Waals surface area contributed by atoms with Gasteiger partial charge >= 0.3 is 0 Å². The standard InChI is InChI=1S/C17H22N4/c1-11-7-6-8-13(12(11)2)9-15-14(10-18)16(19)21(20-15)17(3,4)5/h6-8H,9,19H2,1-5H3. The molecule has 4 heteroatoms. The van der Waals surface area contributed by atoms with Crippen molar-refractivity contribution >= 4 is 5.82 Å². The van der Waals surface area contributed by atoms with Crippen LogP contribution in [0.3, 0.4) is 0 Å². The highest BCUT2D eigenvalue weighted by atomic mass is 15.3. The first kappa shape index (κ1) is 15.1. The van der Waals surface area contributed by atoms with Gasteiger partial charge in [-0.3, -0.25) is 0 Å². The molecule has 0 aliphatic heterocycles. The Balaban J connectivity index is 2.51. The Morgan fingerprint density at radius 3 is 2.52 bits per heavy atom. The van der Waals surface area contributed by atoms with E-state index in [-0.39, 0.29) is 5.54 Å². The SMILES string of the molecule is Cc1cccc(Cc2nn(C(C)(C)C)c(N)c2C#N)c1C. The molecule has 0 aliphatic carbocycles. The summed E-state index contributed by atoms with van der Waals surface area (Å²) in [5, 5.41) is 14.0. The van der Waals surface area contributed by atoms with Gasteiger partial charge in [-0.05, 0) is 51.3 Å². The second-order valence-corrected chi connectivity index (χ2v) is 6.44. The first-order valence-corrected chi connectivity index (χ1v) is 7.08. The number of aromatic nitrogens is 2. The molecule has 1 heterocycles. The highest BCUT2D eigenvalue weighted by Gasteiger charge is 2.23. The van der Waals surface area contributed by atoms with Crippen LogP contribution in [0.5, 0.6) is 0 Å². The van der Waals surface area contributed by atoms with E-state index in [0.29, 0.717) is 17.8 Å². The third kappa shape index (κ3) is 2.78. The molecule has 1 aromatic heterocycles. The molecule has 0 unspecified atom stereocenters. The smallest absolute Gasteiger partial charge is 0.140 e. The van der Waals surface area contributed by atoms with Gasteiger partial charge in [0.2, 0.25) is 0 Å². The second-order valence-electron chi connectivity index (χ2n) is 6.44. The van der Waals surface area contributed by atoms with Gasteiger partial charge in [0.1, 0.15) is 17.5 Å². The van der Waals surface area contributed by atoms with Crippen molar-refractivity contribution in [3.05, 3.63) is 46.1 Å². The predicted octanol–water partition coefficient (Wildman–Crippen LogP) is 3.30. The number of nitrogens with zero attached hydrogens (tertiary/aromatic N) is 3. The molecule has 21 heavy (non-hydrogen) atoms. The minimum atomic E-state index is -0.240. The van der Waals surface area contributed by atoms with Gasteiger partial charge in [0.25, 0.3) is 0 Å². The van der Waals surface area contributed by atoms with Crippen LogP contribution in [0.15, 0.2) is 18.2 Å². The number of hydrogen-bond acceptors (Lipinski definition) is 3. The zero-order valence-electron chi connectivity index (χ0n) is 13.4. The molecule has 2 rings (SSSR count). The molecule has 0 saturated heterocycles. The van der Waals surface area contributed by atoms with E-state index in [2.05, 4.69) is 37.1 Å². The van der Waals surface area contributed by atoms with Crippen LogP contribution in [0.4, 0.5) is 5.82 Å². The summed E-state index contributed by atoms with van der Waals surface area (Å²) in [6, 6.07) is 8.41. The maximum absolute atomic E-state index is 9.40. The molecular weight excluding hydrogens is 260 g/mol. The van der Waals surface area contributed by atoms with Gasteiger partial charge in [0.15, 0.2) is 0 Å². The van der Waals surface area contributed by atoms with E-state index in [1.165, 1.54) is 16.7 Å². The number of aryl methyl sites for hydroxylation is 1. The lowest BCUT2D eigenvalue weighted by Crippen LogP contribution is -2.25. The third-order valence-electron chi connectivity index (χ3n) is 3.82. The predicted molar refractivity (Wildman–Crippen MR) is 85.1 cm³/mol. The Kier molecular flexibility index (Phi) is 3.78. The average Bonchev–Trinajstić information content (AvgIpc) is 2.71. The lowest BCUT2D eigenvalue weighted by molar-refractivity contribution is 0.359. The van der Waals surface area contributed by atoms with Crippen molar-refractivity contribution < 1.29 is 0 Å². The Bertz CT molecular complexity index is 712. The molecule has 2 aromatic rings. The quantitative estimate of drug-likeness (QED) is 0.919. The largest absolute Gasteiger partial charge is 0.383 e. The lowest BCUT2D eigenvalue weighted by atomic mass is 9.98. The van der Waals surface area contributed by atoms with Crippen LogP contribution in [0.1, 0.15) is 48.7 Å². The monoisotopic (exact) mass is 282 g/mol. The minimum absolute atomic E-state index is 0.240. The van der Waals surface area contributed by atoms with Gasteiger partial charge in [-0.1, -0.05) is 18.2 Å².